The minimum absolute atomic E-state index is 0.00434. The minimum Gasteiger partial charge on any atom is -0.473 e. The van der Waals surface area contributed by atoms with Crippen LogP contribution in [0.25, 0.3) is 0 Å². The summed E-state index contributed by atoms with van der Waals surface area (Å²) < 4.78 is 5.73. The third-order valence-electron chi connectivity index (χ3n) is 4.58. The maximum Gasteiger partial charge on any atom is 0.255 e. The Morgan fingerprint density at radius 1 is 1.08 bits per heavy atom. The molecule has 1 amide bonds. The minimum atomic E-state index is 0.00434. The van der Waals surface area contributed by atoms with Gasteiger partial charge in [-0.1, -0.05) is 38.1 Å². The molecule has 0 radical (unpaired) electrons. The largest absolute Gasteiger partial charge is 0.473 e. The molecular formula is C21H28N2O2. The molecule has 1 atom stereocenters. The second-order valence-electron chi connectivity index (χ2n) is 6.20. The number of nitrogens with zero attached hydrogens (tertiary/aromatic N) is 2. The van der Waals surface area contributed by atoms with Crippen molar-refractivity contribution in [3.63, 3.8) is 0 Å². The van der Waals surface area contributed by atoms with Gasteiger partial charge in [-0.25, -0.2) is 4.98 Å². The van der Waals surface area contributed by atoms with E-state index in [0.29, 0.717) is 37.1 Å². The first kappa shape index (κ1) is 19.0. The van der Waals surface area contributed by atoms with Crippen molar-refractivity contribution < 1.29 is 9.53 Å². The lowest BCUT2D eigenvalue weighted by Gasteiger charge is -2.18. The highest BCUT2D eigenvalue weighted by atomic mass is 16.5. The van der Waals surface area contributed by atoms with Gasteiger partial charge in [0.15, 0.2) is 0 Å². The van der Waals surface area contributed by atoms with Crippen LogP contribution in [-0.4, -0.2) is 28.9 Å². The topological polar surface area (TPSA) is 42.4 Å². The molecule has 2 rings (SSSR count). The maximum atomic E-state index is 12.3. The summed E-state index contributed by atoms with van der Waals surface area (Å²) in [7, 11) is 0. The number of amides is 1. The molecule has 0 spiro atoms. The zero-order valence-corrected chi connectivity index (χ0v) is 15.7. The smallest absolute Gasteiger partial charge is 0.255 e. The molecule has 1 unspecified atom stereocenters. The number of aromatic nitrogens is 1. The SMILES string of the molecule is CCC(C)c1ccc(COc2ccc(C(=O)N(CC)CC)cn2)cc1. The fourth-order valence-corrected chi connectivity index (χ4v) is 2.62. The van der Waals surface area contributed by atoms with E-state index in [1.54, 1.807) is 23.2 Å². The van der Waals surface area contributed by atoms with Gasteiger partial charge in [-0.3, -0.25) is 4.79 Å². The van der Waals surface area contributed by atoms with Crippen LogP contribution >= 0.6 is 0 Å². The molecular weight excluding hydrogens is 312 g/mol. The molecule has 0 aliphatic heterocycles. The molecule has 2 aromatic rings. The Morgan fingerprint density at radius 2 is 1.76 bits per heavy atom. The Hall–Kier alpha value is -2.36. The lowest BCUT2D eigenvalue weighted by Crippen LogP contribution is -2.30. The van der Waals surface area contributed by atoms with Crippen LogP contribution in [-0.2, 0) is 6.61 Å². The highest BCUT2D eigenvalue weighted by Crippen LogP contribution is 2.19. The van der Waals surface area contributed by atoms with Crippen molar-refractivity contribution in [2.45, 2.75) is 46.6 Å². The Labute approximate surface area is 150 Å². The summed E-state index contributed by atoms with van der Waals surface area (Å²) in [5.41, 5.74) is 3.05. The van der Waals surface area contributed by atoms with Gasteiger partial charge in [0.1, 0.15) is 6.61 Å². The molecule has 4 nitrogen and oxygen atoms in total. The van der Waals surface area contributed by atoms with Gasteiger partial charge in [0.05, 0.1) is 5.56 Å². The lowest BCUT2D eigenvalue weighted by atomic mass is 9.98. The molecule has 0 aliphatic rings. The fraction of sp³-hybridized carbons (Fsp3) is 0.429. The van der Waals surface area contributed by atoms with E-state index >= 15 is 0 Å². The number of pyridine rings is 1. The van der Waals surface area contributed by atoms with Crippen LogP contribution < -0.4 is 4.74 Å². The number of ether oxygens (including phenoxy) is 1. The van der Waals surface area contributed by atoms with Gasteiger partial charge in [-0.15, -0.1) is 0 Å². The lowest BCUT2D eigenvalue weighted by molar-refractivity contribution is 0.0772. The number of hydrogen-bond acceptors (Lipinski definition) is 3. The number of carbonyl (C=O) groups excluding carboxylic acids is 1. The normalized spacial score (nSPS) is 11.8. The third-order valence-corrected chi connectivity index (χ3v) is 4.58. The van der Waals surface area contributed by atoms with Crippen LogP contribution in [0.4, 0.5) is 0 Å². The standard InChI is InChI=1S/C21H28N2O2/c1-5-16(4)18-10-8-17(9-11-18)15-25-20-13-12-19(14-22-20)21(24)23(6-2)7-3/h8-14,16H,5-7,15H2,1-4H3. The summed E-state index contributed by atoms with van der Waals surface area (Å²) in [6.07, 6.45) is 2.72. The fourth-order valence-electron chi connectivity index (χ4n) is 2.62. The molecule has 0 bridgehead atoms. The van der Waals surface area contributed by atoms with Crippen molar-refractivity contribution in [3.05, 3.63) is 59.3 Å². The highest BCUT2D eigenvalue weighted by Gasteiger charge is 2.12. The van der Waals surface area contributed by atoms with Crippen LogP contribution in [0.5, 0.6) is 5.88 Å². The molecule has 25 heavy (non-hydrogen) atoms. The first-order chi connectivity index (χ1) is 12.1. The average molecular weight is 340 g/mol. The van der Waals surface area contributed by atoms with Crippen LogP contribution in [0.2, 0.25) is 0 Å². The van der Waals surface area contributed by atoms with E-state index in [1.807, 2.05) is 13.8 Å². The van der Waals surface area contributed by atoms with Crippen LogP contribution in [0, 0.1) is 0 Å². The number of benzene rings is 1. The number of carbonyl (C=O) groups is 1. The predicted octanol–water partition coefficient (Wildman–Crippen LogP) is 4.66. The van der Waals surface area contributed by atoms with Gasteiger partial charge in [0, 0.05) is 25.4 Å². The average Bonchev–Trinajstić information content (AvgIpc) is 2.67. The Morgan fingerprint density at radius 3 is 2.28 bits per heavy atom. The molecule has 0 N–H and O–H groups in total. The summed E-state index contributed by atoms with van der Waals surface area (Å²) in [5.74, 6) is 1.11. The van der Waals surface area contributed by atoms with Crippen molar-refractivity contribution in [1.82, 2.24) is 9.88 Å². The summed E-state index contributed by atoms with van der Waals surface area (Å²) in [6.45, 7) is 10.2. The van der Waals surface area contributed by atoms with Gasteiger partial charge < -0.3 is 9.64 Å². The maximum absolute atomic E-state index is 12.3. The second-order valence-corrected chi connectivity index (χ2v) is 6.20. The van der Waals surface area contributed by atoms with Crippen molar-refractivity contribution in [1.29, 1.82) is 0 Å². The van der Waals surface area contributed by atoms with E-state index in [0.717, 1.165) is 12.0 Å². The van der Waals surface area contributed by atoms with Crippen LogP contribution in [0.15, 0.2) is 42.6 Å². The molecule has 4 heteroatoms. The van der Waals surface area contributed by atoms with Crippen LogP contribution in [0.1, 0.15) is 61.5 Å². The Kier molecular flexibility index (Phi) is 6.99. The Balaban J connectivity index is 1.94. The number of rotatable bonds is 8. The zero-order valence-electron chi connectivity index (χ0n) is 15.7. The van der Waals surface area contributed by atoms with Gasteiger partial charge in [0.25, 0.3) is 5.91 Å². The highest BCUT2D eigenvalue weighted by molar-refractivity contribution is 5.93. The summed E-state index contributed by atoms with van der Waals surface area (Å²) in [4.78, 5) is 18.3. The molecule has 0 aliphatic carbocycles. The summed E-state index contributed by atoms with van der Waals surface area (Å²) in [6, 6.07) is 12.0. The monoisotopic (exact) mass is 340 g/mol. The molecule has 0 fully saturated rings. The summed E-state index contributed by atoms with van der Waals surface area (Å²) in [5, 5.41) is 0. The van der Waals surface area contributed by atoms with Crippen molar-refractivity contribution in [2.75, 3.05) is 13.1 Å². The van der Waals surface area contributed by atoms with E-state index in [1.165, 1.54) is 5.56 Å². The van der Waals surface area contributed by atoms with Gasteiger partial charge in [-0.05, 0) is 43.4 Å². The van der Waals surface area contributed by atoms with Crippen molar-refractivity contribution in [2.24, 2.45) is 0 Å². The van der Waals surface area contributed by atoms with Gasteiger partial charge >= 0.3 is 0 Å². The van der Waals surface area contributed by atoms with Crippen molar-refractivity contribution in [3.8, 4) is 5.88 Å². The molecule has 134 valence electrons. The molecule has 1 aromatic carbocycles. The molecule has 1 heterocycles. The third kappa shape index (κ3) is 5.05. The van der Waals surface area contributed by atoms with E-state index in [2.05, 4.69) is 43.1 Å². The van der Waals surface area contributed by atoms with Gasteiger partial charge in [-0.2, -0.15) is 0 Å². The quantitative estimate of drug-likeness (QED) is 0.702. The molecule has 1 aromatic heterocycles. The molecule has 0 saturated heterocycles. The molecule has 0 saturated carbocycles. The summed E-state index contributed by atoms with van der Waals surface area (Å²) >= 11 is 0. The first-order valence-corrected chi connectivity index (χ1v) is 9.05. The van der Waals surface area contributed by atoms with E-state index < -0.39 is 0 Å². The number of hydrogen-bond donors (Lipinski definition) is 0. The van der Waals surface area contributed by atoms with E-state index in [9.17, 15) is 4.79 Å². The second kappa shape index (κ2) is 9.21. The zero-order chi connectivity index (χ0) is 18.2. The van der Waals surface area contributed by atoms with E-state index in [4.69, 9.17) is 4.74 Å². The first-order valence-electron chi connectivity index (χ1n) is 9.05. The van der Waals surface area contributed by atoms with Crippen molar-refractivity contribution >= 4 is 5.91 Å². The predicted molar refractivity (Wildman–Crippen MR) is 101 cm³/mol. The Bertz CT molecular complexity index is 661. The van der Waals surface area contributed by atoms with E-state index in [-0.39, 0.29) is 5.91 Å². The van der Waals surface area contributed by atoms with Gasteiger partial charge in [0.2, 0.25) is 5.88 Å². The van der Waals surface area contributed by atoms with Crippen LogP contribution in [0.3, 0.4) is 0 Å².